The SMILES string of the molecule is CCOC(=O)N1C[C@H]2CC[C@@H](C1)C2NCCNC(=O)C1CCCC1. The van der Waals surface area contributed by atoms with Crippen molar-refractivity contribution in [3.63, 3.8) is 0 Å². The maximum Gasteiger partial charge on any atom is 0.409 e. The van der Waals surface area contributed by atoms with Crippen molar-refractivity contribution in [3.05, 3.63) is 0 Å². The number of hydrogen-bond donors (Lipinski definition) is 2. The molecule has 6 nitrogen and oxygen atoms in total. The number of piperidine rings is 1. The van der Waals surface area contributed by atoms with E-state index in [1.165, 1.54) is 25.7 Å². The van der Waals surface area contributed by atoms with Crippen LogP contribution in [-0.4, -0.2) is 55.7 Å². The summed E-state index contributed by atoms with van der Waals surface area (Å²) >= 11 is 0. The first-order valence-electron chi connectivity index (χ1n) is 9.61. The largest absolute Gasteiger partial charge is 0.450 e. The minimum atomic E-state index is -0.170. The van der Waals surface area contributed by atoms with Gasteiger partial charge in [-0.25, -0.2) is 4.79 Å². The van der Waals surface area contributed by atoms with Gasteiger partial charge in [-0.2, -0.15) is 0 Å². The maximum absolute atomic E-state index is 12.0. The third kappa shape index (κ3) is 4.02. The van der Waals surface area contributed by atoms with E-state index in [1.54, 1.807) is 0 Å². The monoisotopic (exact) mass is 337 g/mol. The molecule has 1 unspecified atom stereocenters. The number of nitrogens with zero attached hydrogens (tertiary/aromatic N) is 1. The van der Waals surface area contributed by atoms with Gasteiger partial charge in [-0.1, -0.05) is 12.8 Å². The average Bonchev–Trinajstić information content (AvgIpc) is 3.18. The zero-order valence-electron chi connectivity index (χ0n) is 14.8. The molecule has 0 radical (unpaired) electrons. The first-order chi connectivity index (χ1) is 11.7. The highest BCUT2D eigenvalue weighted by atomic mass is 16.6. The maximum atomic E-state index is 12.0. The number of hydrogen-bond acceptors (Lipinski definition) is 4. The van der Waals surface area contributed by atoms with Crippen LogP contribution in [-0.2, 0) is 9.53 Å². The van der Waals surface area contributed by atoms with E-state index in [-0.39, 0.29) is 17.9 Å². The average molecular weight is 337 g/mol. The molecule has 1 heterocycles. The molecule has 3 aliphatic rings. The third-order valence-corrected chi connectivity index (χ3v) is 5.89. The Morgan fingerprint density at radius 3 is 2.33 bits per heavy atom. The number of likely N-dealkylation sites (tertiary alicyclic amines) is 1. The highest BCUT2D eigenvalue weighted by Crippen LogP contribution is 2.37. The van der Waals surface area contributed by atoms with E-state index < -0.39 is 0 Å². The smallest absolute Gasteiger partial charge is 0.409 e. The summed E-state index contributed by atoms with van der Waals surface area (Å²) in [6, 6.07) is 0.471. The van der Waals surface area contributed by atoms with E-state index in [0.29, 0.717) is 31.0 Å². The second kappa shape index (κ2) is 8.19. The number of nitrogens with one attached hydrogen (secondary N) is 2. The van der Waals surface area contributed by atoms with Crippen molar-refractivity contribution in [3.8, 4) is 0 Å². The van der Waals surface area contributed by atoms with E-state index in [0.717, 1.165) is 32.5 Å². The fourth-order valence-corrected chi connectivity index (χ4v) is 4.68. The van der Waals surface area contributed by atoms with Gasteiger partial charge in [0.25, 0.3) is 0 Å². The molecule has 1 saturated heterocycles. The molecule has 24 heavy (non-hydrogen) atoms. The van der Waals surface area contributed by atoms with Crippen molar-refractivity contribution in [2.24, 2.45) is 17.8 Å². The predicted octanol–water partition coefficient (Wildman–Crippen LogP) is 1.75. The molecule has 0 aromatic rings. The van der Waals surface area contributed by atoms with Crippen molar-refractivity contribution in [2.75, 3.05) is 32.8 Å². The minimum Gasteiger partial charge on any atom is -0.450 e. The molecule has 2 saturated carbocycles. The van der Waals surface area contributed by atoms with Crippen LogP contribution in [0.15, 0.2) is 0 Å². The third-order valence-electron chi connectivity index (χ3n) is 5.89. The molecule has 2 bridgehead atoms. The van der Waals surface area contributed by atoms with Gasteiger partial charge in [0, 0.05) is 38.1 Å². The number of fused-ring (bicyclic) bond motifs is 2. The molecular weight excluding hydrogens is 306 g/mol. The lowest BCUT2D eigenvalue weighted by atomic mass is 9.92. The van der Waals surface area contributed by atoms with E-state index in [9.17, 15) is 9.59 Å². The molecule has 136 valence electrons. The van der Waals surface area contributed by atoms with Gasteiger partial charge in [-0.15, -0.1) is 0 Å². The molecule has 2 N–H and O–H groups in total. The Kier molecular flexibility index (Phi) is 5.98. The van der Waals surface area contributed by atoms with Crippen molar-refractivity contribution in [1.82, 2.24) is 15.5 Å². The fourth-order valence-electron chi connectivity index (χ4n) is 4.68. The van der Waals surface area contributed by atoms with Crippen LogP contribution in [0, 0.1) is 17.8 Å². The van der Waals surface area contributed by atoms with Crippen molar-refractivity contribution in [2.45, 2.75) is 51.5 Å². The first kappa shape index (κ1) is 17.5. The van der Waals surface area contributed by atoms with Crippen molar-refractivity contribution in [1.29, 1.82) is 0 Å². The van der Waals surface area contributed by atoms with Crippen LogP contribution in [0.4, 0.5) is 4.79 Å². The second-order valence-electron chi connectivity index (χ2n) is 7.45. The van der Waals surface area contributed by atoms with Gasteiger partial charge in [0.2, 0.25) is 5.91 Å². The number of rotatable bonds is 6. The van der Waals surface area contributed by atoms with Crippen molar-refractivity contribution >= 4 is 12.0 Å². The standard InChI is InChI=1S/C18H31N3O3/c1-2-24-18(23)21-11-14-7-8-15(12-21)16(14)19-9-10-20-17(22)13-5-3-4-6-13/h13-16,19H,2-12H2,1H3,(H,20,22)/t14-,15+,16?. The zero-order valence-corrected chi connectivity index (χ0v) is 14.8. The topological polar surface area (TPSA) is 70.7 Å². The number of carbonyl (C=O) groups excluding carboxylic acids is 2. The summed E-state index contributed by atoms with van der Waals surface area (Å²) in [7, 11) is 0. The number of carbonyl (C=O) groups is 2. The van der Waals surface area contributed by atoms with Crippen LogP contribution in [0.3, 0.4) is 0 Å². The first-order valence-corrected chi connectivity index (χ1v) is 9.61. The zero-order chi connectivity index (χ0) is 16.9. The molecule has 3 fully saturated rings. The Labute approximate surface area is 144 Å². The molecule has 3 atom stereocenters. The molecule has 2 amide bonds. The summed E-state index contributed by atoms with van der Waals surface area (Å²) in [5, 5.41) is 6.70. The molecule has 0 spiro atoms. The molecule has 0 aromatic heterocycles. The molecule has 0 aromatic carbocycles. The van der Waals surface area contributed by atoms with Gasteiger partial charge >= 0.3 is 6.09 Å². The van der Waals surface area contributed by atoms with E-state index in [1.807, 2.05) is 11.8 Å². The van der Waals surface area contributed by atoms with E-state index in [2.05, 4.69) is 10.6 Å². The quantitative estimate of drug-likeness (QED) is 0.725. The lowest BCUT2D eigenvalue weighted by Gasteiger charge is -2.37. The van der Waals surface area contributed by atoms with Gasteiger partial charge in [0.1, 0.15) is 0 Å². The fraction of sp³-hybridized carbons (Fsp3) is 0.889. The highest BCUT2D eigenvalue weighted by molar-refractivity contribution is 5.78. The van der Waals surface area contributed by atoms with Gasteiger partial charge in [0.15, 0.2) is 0 Å². The van der Waals surface area contributed by atoms with Gasteiger partial charge in [0.05, 0.1) is 6.61 Å². The van der Waals surface area contributed by atoms with Gasteiger partial charge in [-0.3, -0.25) is 4.79 Å². The predicted molar refractivity (Wildman–Crippen MR) is 91.6 cm³/mol. The highest BCUT2D eigenvalue weighted by Gasteiger charge is 2.43. The summed E-state index contributed by atoms with van der Waals surface area (Å²) in [6.07, 6.45) is 6.67. The molecular formula is C18H31N3O3. The lowest BCUT2D eigenvalue weighted by Crippen LogP contribution is -2.53. The Bertz CT molecular complexity index is 437. The molecule has 1 aliphatic heterocycles. The van der Waals surface area contributed by atoms with Crippen LogP contribution in [0.1, 0.15) is 45.4 Å². The summed E-state index contributed by atoms with van der Waals surface area (Å²) < 4.78 is 5.13. The van der Waals surface area contributed by atoms with Crippen LogP contribution in [0.2, 0.25) is 0 Å². The normalized spacial score (nSPS) is 29.7. The summed E-state index contributed by atoms with van der Waals surface area (Å²) in [5.74, 6) is 1.50. The number of amides is 2. The van der Waals surface area contributed by atoms with Crippen LogP contribution in [0.25, 0.3) is 0 Å². The van der Waals surface area contributed by atoms with E-state index in [4.69, 9.17) is 4.74 Å². The minimum absolute atomic E-state index is 0.170. The summed E-state index contributed by atoms with van der Waals surface area (Å²) in [4.78, 5) is 25.8. The second-order valence-corrected chi connectivity index (χ2v) is 7.45. The van der Waals surface area contributed by atoms with Crippen LogP contribution >= 0.6 is 0 Å². The molecule has 3 rings (SSSR count). The van der Waals surface area contributed by atoms with Gasteiger partial charge in [-0.05, 0) is 44.4 Å². The van der Waals surface area contributed by atoms with Gasteiger partial charge < -0.3 is 20.3 Å². The summed E-state index contributed by atoms with van der Waals surface area (Å²) in [5.41, 5.74) is 0. The molecule has 6 heteroatoms. The lowest BCUT2D eigenvalue weighted by molar-refractivity contribution is -0.124. The summed E-state index contributed by atoms with van der Waals surface area (Å²) in [6.45, 7) is 5.39. The van der Waals surface area contributed by atoms with Crippen LogP contribution < -0.4 is 10.6 Å². The van der Waals surface area contributed by atoms with E-state index >= 15 is 0 Å². The number of ether oxygens (including phenoxy) is 1. The Morgan fingerprint density at radius 2 is 1.71 bits per heavy atom. The van der Waals surface area contributed by atoms with Crippen molar-refractivity contribution < 1.29 is 14.3 Å². The Hall–Kier alpha value is -1.30. The Morgan fingerprint density at radius 1 is 1.04 bits per heavy atom. The van der Waals surface area contributed by atoms with Crippen LogP contribution in [0.5, 0.6) is 0 Å². The molecule has 2 aliphatic carbocycles. The Balaban J connectivity index is 1.38.